The first-order valence-electron chi connectivity index (χ1n) is 4.59. The Kier molecular flexibility index (Phi) is 3.43. The summed E-state index contributed by atoms with van der Waals surface area (Å²) in [6.45, 7) is 4.19. The molecule has 0 aromatic heterocycles. The first-order valence-corrected chi connectivity index (χ1v) is 4.59. The van der Waals surface area contributed by atoms with Gasteiger partial charge in [-0.1, -0.05) is 31.2 Å². The van der Waals surface area contributed by atoms with Crippen LogP contribution in [-0.4, -0.2) is 6.54 Å². The fourth-order valence-corrected chi connectivity index (χ4v) is 1.25. The third kappa shape index (κ3) is 2.52. The van der Waals surface area contributed by atoms with Crippen LogP contribution in [0.4, 0.5) is 4.39 Å². The molecule has 0 saturated heterocycles. The summed E-state index contributed by atoms with van der Waals surface area (Å²) in [5.74, 6) is 0.304. The van der Waals surface area contributed by atoms with E-state index in [9.17, 15) is 4.39 Å². The summed E-state index contributed by atoms with van der Waals surface area (Å²) in [6, 6.07) is 7.57. The topological polar surface area (TPSA) is 26.0 Å². The lowest BCUT2D eigenvalue weighted by Crippen LogP contribution is -2.09. The number of hydrogen-bond acceptors (Lipinski definition) is 1. The van der Waals surface area contributed by atoms with Crippen LogP contribution in [0.5, 0.6) is 0 Å². The van der Waals surface area contributed by atoms with Gasteiger partial charge in [0.2, 0.25) is 0 Å². The van der Waals surface area contributed by atoms with Gasteiger partial charge in [0.25, 0.3) is 0 Å². The molecule has 0 aliphatic heterocycles. The maximum atomic E-state index is 12.9. The minimum absolute atomic E-state index is 0.304. The van der Waals surface area contributed by atoms with Crippen molar-refractivity contribution in [1.29, 1.82) is 0 Å². The van der Waals surface area contributed by atoms with Crippen molar-refractivity contribution in [2.75, 3.05) is 6.54 Å². The molecular formula is C11H16FN. The van der Waals surface area contributed by atoms with Gasteiger partial charge in [0.05, 0.1) is 0 Å². The van der Waals surface area contributed by atoms with Crippen LogP contribution in [-0.2, 0) is 0 Å². The Balaban J connectivity index is 2.91. The summed E-state index contributed by atoms with van der Waals surface area (Å²) in [5, 5.41) is 0. The number of hydrogen-bond donors (Lipinski definition) is 1. The van der Waals surface area contributed by atoms with E-state index in [0.29, 0.717) is 12.5 Å². The van der Waals surface area contributed by atoms with Crippen LogP contribution in [0.1, 0.15) is 37.1 Å². The maximum absolute atomic E-state index is 12.9. The molecule has 0 aliphatic rings. The van der Waals surface area contributed by atoms with E-state index in [2.05, 4.69) is 0 Å². The minimum atomic E-state index is -0.898. The molecule has 2 atom stereocenters. The highest BCUT2D eigenvalue weighted by Crippen LogP contribution is 2.21. The zero-order valence-electron chi connectivity index (χ0n) is 8.13. The molecule has 1 rings (SSSR count). The average Bonchev–Trinajstić information content (AvgIpc) is 2.17. The van der Waals surface area contributed by atoms with Gasteiger partial charge in [-0.05, 0) is 30.5 Å². The van der Waals surface area contributed by atoms with Crippen molar-refractivity contribution in [1.82, 2.24) is 0 Å². The molecule has 0 aliphatic carbocycles. The van der Waals surface area contributed by atoms with Crippen molar-refractivity contribution in [2.45, 2.75) is 25.9 Å². The van der Waals surface area contributed by atoms with Gasteiger partial charge in [-0.15, -0.1) is 0 Å². The van der Waals surface area contributed by atoms with E-state index in [-0.39, 0.29) is 0 Å². The molecule has 0 fully saturated rings. The van der Waals surface area contributed by atoms with E-state index in [1.807, 2.05) is 25.1 Å². The molecule has 2 N–H and O–H groups in total. The quantitative estimate of drug-likeness (QED) is 0.762. The molecule has 2 heteroatoms. The summed E-state index contributed by atoms with van der Waals surface area (Å²) < 4.78 is 12.9. The Morgan fingerprint density at radius 3 is 2.46 bits per heavy atom. The van der Waals surface area contributed by atoms with Crippen LogP contribution in [0, 0.1) is 0 Å². The van der Waals surface area contributed by atoms with E-state index < -0.39 is 6.17 Å². The van der Waals surface area contributed by atoms with Crippen LogP contribution >= 0.6 is 0 Å². The largest absolute Gasteiger partial charge is 0.330 e. The highest BCUT2D eigenvalue weighted by atomic mass is 19.1. The van der Waals surface area contributed by atoms with Gasteiger partial charge in [-0.25, -0.2) is 4.39 Å². The molecule has 0 radical (unpaired) electrons. The summed E-state index contributed by atoms with van der Waals surface area (Å²) in [7, 11) is 0. The summed E-state index contributed by atoms with van der Waals surface area (Å²) in [6.07, 6.45) is -0.898. The molecule has 72 valence electrons. The van der Waals surface area contributed by atoms with Gasteiger partial charge in [0.15, 0.2) is 0 Å². The SMILES string of the molecule is CC(F)c1cccc(C(C)CN)c1. The summed E-state index contributed by atoms with van der Waals surface area (Å²) >= 11 is 0. The van der Waals surface area contributed by atoms with Crippen molar-refractivity contribution in [3.8, 4) is 0 Å². The highest BCUT2D eigenvalue weighted by molar-refractivity contribution is 5.27. The third-order valence-electron chi connectivity index (χ3n) is 2.29. The van der Waals surface area contributed by atoms with Gasteiger partial charge < -0.3 is 5.73 Å². The normalized spacial score (nSPS) is 15.4. The van der Waals surface area contributed by atoms with Gasteiger partial charge in [-0.2, -0.15) is 0 Å². The molecular weight excluding hydrogens is 165 g/mol. The first-order chi connectivity index (χ1) is 6.15. The van der Waals surface area contributed by atoms with Gasteiger partial charge in [0, 0.05) is 0 Å². The molecule has 2 unspecified atom stereocenters. The molecule has 1 nitrogen and oxygen atoms in total. The highest BCUT2D eigenvalue weighted by Gasteiger charge is 2.06. The summed E-state index contributed by atoms with van der Waals surface area (Å²) in [5.41, 5.74) is 7.39. The Labute approximate surface area is 78.8 Å². The Morgan fingerprint density at radius 2 is 1.92 bits per heavy atom. The molecule has 13 heavy (non-hydrogen) atoms. The molecule has 1 aromatic rings. The van der Waals surface area contributed by atoms with Gasteiger partial charge >= 0.3 is 0 Å². The van der Waals surface area contributed by atoms with E-state index in [1.165, 1.54) is 0 Å². The predicted molar refractivity (Wildman–Crippen MR) is 53.4 cm³/mol. The van der Waals surface area contributed by atoms with E-state index in [1.54, 1.807) is 13.0 Å². The van der Waals surface area contributed by atoms with Crippen molar-refractivity contribution < 1.29 is 4.39 Å². The molecule has 0 bridgehead atoms. The van der Waals surface area contributed by atoms with Gasteiger partial charge in [0.1, 0.15) is 6.17 Å². The lowest BCUT2D eigenvalue weighted by molar-refractivity contribution is 0.374. The zero-order valence-corrected chi connectivity index (χ0v) is 8.13. The second kappa shape index (κ2) is 4.38. The van der Waals surface area contributed by atoms with Crippen molar-refractivity contribution in [3.63, 3.8) is 0 Å². The Bertz CT molecular complexity index is 271. The minimum Gasteiger partial charge on any atom is -0.330 e. The van der Waals surface area contributed by atoms with Crippen LogP contribution < -0.4 is 5.73 Å². The fraction of sp³-hybridized carbons (Fsp3) is 0.455. The molecule has 1 aromatic carbocycles. The molecule has 0 saturated carbocycles. The van der Waals surface area contributed by atoms with E-state index in [0.717, 1.165) is 11.1 Å². The van der Waals surface area contributed by atoms with E-state index in [4.69, 9.17) is 5.73 Å². The van der Waals surface area contributed by atoms with Crippen LogP contribution in [0.25, 0.3) is 0 Å². The first kappa shape index (κ1) is 10.2. The lowest BCUT2D eigenvalue weighted by Gasteiger charge is -2.10. The van der Waals surface area contributed by atoms with Crippen LogP contribution in [0.2, 0.25) is 0 Å². The van der Waals surface area contributed by atoms with Crippen molar-refractivity contribution in [2.24, 2.45) is 5.73 Å². The number of alkyl halides is 1. The fourth-order valence-electron chi connectivity index (χ4n) is 1.25. The van der Waals surface area contributed by atoms with E-state index >= 15 is 0 Å². The van der Waals surface area contributed by atoms with Crippen LogP contribution in [0.15, 0.2) is 24.3 Å². The number of halogens is 1. The van der Waals surface area contributed by atoms with Crippen molar-refractivity contribution in [3.05, 3.63) is 35.4 Å². The van der Waals surface area contributed by atoms with Crippen LogP contribution in [0.3, 0.4) is 0 Å². The van der Waals surface area contributed by atoms with Crippen molar-refractivity contribution >= 4 is 0 Å². The molecule has 0 spiro atoms. The van der Waals surface area contributed by atoms with Gasteiger partial charge in [-0.3, -0.25) is 0 Å². The standard InChI is InChI=1S/C11H16FN/c1-8(7-13)10-4-3-5-11(6-10)9(2)12/h3-6,8-9H,7,13H2,1-2H3. The number of rotatable bonds is 3. The Morgan fingerprint density at radius 1 is 1.31 bits per heavy atom. The predicted octanol–water partition coefficient (Wildman–Crippen LogP) is 2.78. The smallest absolute Gasteiger partial charge is 0.122 e. The second-order valence-corrected chi connectivity index (χ2v) is 3.42. The molecule has 0 heterocycles. The Hall–Kier alpha value is -0.890. The number of nitrogens with two attached hydrogens (primary N) is 1. The lowest BCUT2D eigenvalue weighted by atomic mass is 9.98. The average molecular weight is 181 g/mol. The summed E-state index contributed by atoms with van der Waals surface area (Å²) in [4.78, 5) is 0. The second-order valence-electron chi connectivity index (χ2n) is 3.42. The maximum Gasteiger partial charge on any atom is 0.122 e. The number of benzene rings is 1. The molecule has 0 amide bonds. The third-order valence-corrected chi connectivity index (χ3v) is 2.29. The monoisotopic (exact) mass is 181 g/mol. The zero-order chi connectivity index (χ0) is 9.84.